The highest BCUT2D eigenvalue weighted by Gasteiger charge is 2.30. The van der Waals surface area contributed by atoms with Gasteiger partial charge in [0, 0.05) is 35.7 Å². The molecule has 4 atom stereocenters. The number of carboxylic acid groups (broad SMARTS) is 1. The van der Waals surface area contributed by atoms with Crippen LogP contribution in [-0.2, 0) is 38.4 Å². The summed E-state index contributed by atoms with van der Waals surface area (Å²) in [7, 11) is 0. The third-order valence-electron chi connectivity index (χ3n) is 7.08. The van der Waals surface area contributed by atoms with Crippen LogP contribution in [0.25, 0.3) is 10.9 Å². The number of nitrogens with two attached hydrogens (primary N) is 1. The van der Waals surface area contributed by atoms with Gasteiger partial charge in [0.05, 0.1) is 6.04 Å². The third-order valence-corrected chi connectivity index (χ3v) is 7.45. The Morgan fingerprint density at radius 1 is 0.698 bits per heavy atom. The molecule has 4 aromatic rings. The van der Waals surface area contributed by atoms with Crippen LogP contribution < -0.4 is 21.7 Å². The molecule has 3 amide bonds. The first-order valence-electron chi connectivity index (χ1n) is 13.9. The summed E-state index contributed by atoms with van der Waals surface area (Å²) in [5, 5.41) is 18.3. The maximum atomic E-state index is 13.7. The summed E-state index contributed by atoms with van der Waals surface area (Å²) in [6.45, 7) is 0. The number of aromatic amines is 1. The fraction of sp³-hybridized carbons (Fsp3) is 0.250. The standard InChI is InChI=1S/C32H35N5O5S/c33-24(17-22-18-34-25-14-8-7-13-23(22)25)29(38)35-26(15-20-9-3-1-4-10-20)30(39)36-27(16-21-11-5-2-6-12-21)31(40)37-28(19-43)32(41)42/h1-14,18,24,26-28,34,43H,15-17,19,33H2,(H,35,38)(H,36,39)(H,37,40)(H,41,42). The number of amides is 3. The Morgan fingerprint density at radius 2 is 1.19 bits per heavy atom. The van der Waals surface area contributed by atoms with Gasteiger partial charge in [-0.2, -0.15) is 12.6 Å². The molecule has 0 aliphatic carbocycles. The Kier molecular flexibility index (Phi) is 11.0. The number of nitrogens with one attached hydrogen (secondary N) is 4. The summed E-state index contributed by atoms with van der Waals surface area (Å²) in [4.78, 5) is 54.9. The van der Waals surface area contributed by atoms with E-state index in [1.165, 1.54) is 0 Å². The lowest BCUT2D eigenvalue weighted by molar-refractivity contribution is -0.141. The van der Waals surface area contributed by atoms with Gasteiger partial charge in [0.2, 0.25) is 17.7 Å². The quantitative estimate of drug-likeness (QED) is 0.109. The number of hydrogen-bond donors (Lipinski definition) is 7. The van der Waals surface area contributed by atoms with Crippen LogP contribution in [0, 0.1) is 0 Å². The molecule has 7 N–H and O–H groups in total. The molecular weight excluding hydrogens is 566 g/mol. The SMILES string of the molecule is NC(Cc1c[nH]c2ccccc12)C(=O)NC(Cc1ccccc1)C(=O)NC(Cc1ccccc1)C(=O)NC(CS)C(=O)O. The number of carboxylic acids is 1. The number of thiol groups is 1. The van der Waals surface area contributed by atoms with Gasteiger partial charge in [-0.1, -0.05) is 78.9 Å². The molecule has 224 valence electrons. The van der Waals surface area contributed by atoms with Crippen molar-refractivity contribution in [1.82, 2.24) is 20.9 Å². The molecule has 0 spiro atoms. The highest BCUT2D eigenvalue weighted by atomic mass is 32.1. The van der Waals surface area contributed by atoms with Gasteiger partial charge >= 0.3 is 5.97 Å². The molecular formula is C32H35N5O5S. The van der Waals surface area contributed by atoms with Crippen molar-refractivity contribution in [1.29, 1.82) is 0 Å². The lowest BCUT2D eigenvalue weighted by atomic mass is 10.0. The van der Waals surface area contributed by atoms with E-state index in [1.54, 1.807) is 24.3 Å². The van der Waals surface area contributed by atoms with E-state index in [-0.39, 0.29) is 25.0 Å². The van der Waals surface area contributed by atoms with Crippen molar-refractivity contribution < 1.29 is 24.3 Å². The van der Waals surface area contributed by atoms with Crippen molar-refractivity contribution in [3.8, 4) is 0 Å². The highest BCUT2D eigenvalue weighted by Crippen LogP contribution is 2.19. The van der Waals surface area contributed by atoms with Crippen LogP contribution in [0.4, 0.5) is 0 Å². The summed E-state index contributed by atoms with van der Waals surface area (Å²) in [6, 6.07) is 21.5. The van der Waals surface area contributed by atoms with E-state index in [2.05, 4.69) is 33.6 Å². The number of aromatic nitrogens is 1. The van der Waals surface area contributed by atoms with Gasteiger partial charge < -0.3 is 31.8 Å². The second-order valence-corrected chi connectivity index (χ2v) is 10.6. The van der Waals surface area contributed by atoms with Crippen LogP contribution in [0.2, 0.25) is 0 Å². The molecule has 0 aliphatic heterocycles. The summed E-state index contributed by atoms with van der Waals surface area (Å²) >= 11 is 4.02. The first kappa shape index (κ1) is 31.3. The van der Waals surface area contributed by atoms with Crippen LogP contribution in [0.1, 0.15) is 16.7 Å². The minimum atomic E-state index is -1.24. The van der Waals surface area contributed by atoms with E-state index in [4.69, 9.17) is 5.73 Å². The topological polar surface area (TPSA) is 166 Å². The van der Waals surface area contributed by atoms with E-state index in [9.17, 15) is 24.3 Å². The average Bonchev–Trinajstić information content (AvgIpc) is 3.42. The molecule has 0 aliphatic rings. The Morgan fingerprint density at radius 3 is 1.72 bits per heavy atom. The Hall–Kier alpha value is -4.61. The average molecular weight is 602 g/mol. The summed E-state index contributed by atoms with van der Waals surface area (Å²) in [6.07, 6.45) is 2.30. The van der Waals surface area contributed by atoms with Crippen LogP contribution >= 0.6 is 12.6 Å². The smallest absolute Gasteiger partial charge is 0.327 e. The summed E-state index contributed by atoms with van der Waals surface area (Å²) in [5.74, 6) is -3.18. The number of hydrogen-bond acceptors (Lipinski definition) is 6. The van der Waals surface area contributed by atoms with E-state index >= 15 is 0 Å². The Labute approximate surface area is 254 Å². The van der Waals surface area contributed by atoms with Crippen molar-refractivity contribution in [2.75, 3.05) is 5.75 Å². The summed E-state index contributed by atoms with van der Waals surface area (Å²) in [5.41, 5.74) is 9.65. The van der Waals surface area contributed by atoms with Crippen LogP contribution in [0.3, 0.4) is 0 Å². The van der Waals surface area contributed by atoms with Crippen molar-refractivity contribution >= 4 is 47.2 Å². The number of fused-ring (bicyclic) bond motifs is 1. The number of carbonyl (C=O) groups is 4. The third kappa shape index (κ3) is 8.69. The zero-order valence-corrected chi connectivity index (χ0v) is 24.3. The van der Waals surface area contributed by atoms with Crippen molar-refractivity contribution in [2.45, 2.75) is 43.4 Å². The van der Waals surface area contributed by atoms with E-state index in [1.807, 2.05) is 66.9 Å². The minimum Gasteiger partial charge on any atom is -0.480 e. The minimum absolute atomic E-state index is 0.101. The van der Waals surface area contributed by atoms with Crippen LogP contribution in [0.15, 0.2) is 91.1 Å². The monoisotopic (exact) mass is 601 g/mol. The van der Waals surface area contributed by atoms with Gasteiger partial charge in [-0.25, -0.2) is 4.79 Å². The fourth-order valence-electron chi connectivity index (χ4n) is 4.76. The maximum Gasteiger partial charge on any atom is 0.327 e. The van der Waals surface area contributed by atoms with Gasteiger partial charge in [0.1, 0.15) is 18.1 Å². The fourth-order valence-corrected chi connectivity index (χ4v) is 5.00. The Balaban J connectivity index is 1.53. The normalized spacial score (nSPS) is 13.8. The molecule has 4 rings (SSSR count). The van der Waals surface area contributed by atoms with E-state index < -0.39 is 47.9 Å². The zero-order valence-electron chi connectivity index (χ0n) is 23.4. The van der Waals surface area contributed by atoms with Crippen LogP contribution in [-0.4, -0.2) is 63.7 Å². The molecule has 3 aromatic carbocycles. The van der Waals surface area contributed by atoms with Crippen molar-refractivity contribution in [3.05, 3.63) is 108 Å². The largest absolute Gasteiger partial charge is 0.480 e. The number of carbonyl (C=O) groups excluding carboxylic acids is 3. The van der Waals surface area contributed by atoms with Gasteiger partial charge in [-0.3, -0.25) is 14.4 Å². The zero-order chi connectivity index (χ0) is 30.8. The van der Waals surface area contributed by atoms with Crippen LogP contribution in [0.5, 0.6) is 0 Å². The molecule has 0 radical (unpaired) electrons. The number of para-hydroxylation sites is 1. The first-order valence-corrected chi connectivity index (χ1v) is 14.5. The molecule has 0 bridgehead atoms. The van der Waals surface area contributed by atoms with Gasteiger partial charge in [-0.05, 0) is 29.2 Å². The van der Waals surface area contributed by atoms with Crippen molar-refractivity contribution in [2.24, 2.45) is 5.73 Å². The van der Waals surface area contributed by atoms with Gasteiger partial charge in [0.15, 0.2) is 0 Å². The van der Waals surface area contributed by atoms with Gasteiger partial charge in [0.25, 0.3) is 0 Å². The molecule has 11 heteroatoms. The number of aliphatic carboxylic acids is 1. The molecule has 43 heavy (non-hydrogen) atoms. The summed E-state index contributed by atoms with van der Waals surface area (Å²) < 4.78 is 0. The van der Waals surface area contributed by atoms with Gasteiger partial charge in [-0.15, -0.1) is 0 Å². The molecule has 10 nitrogen and oxygen atoms in total. The van der Waals surface area contributed by atoms with E-state index in [0.29, 0.717) is 0 Å². The highest BCUT2D eigenvalue weighted by molar-refractivity contribution is 7.80. The number of benzene rings is 3. The Bertz CT molecular complexity index is 1550. The number of rotatable bonds is 14. The second-order valence-electron chi connectivity index (χ2n) is 10.3. The predicted molar refractivity (Wildman–Crippen MR) is 168 cm³/mol. The predicted octanol–water partition coefficient (Wildman–Crippen LogP) is 1.99. The molecule has 0 fully saturated rings. The molecule has 1 aromatic heterocycles. The maximum absolute atomic E-state index is 13.7. The lowest BCUT2D eigenvalue weighted by Gasteiger charge is -2.25. The van der Waals surface area contributed by atoms with E-state index in [0.717, 1.165) is 27.6 Å². The van der Waals surface area contributed by atoms with Crippen molar-refractivity contribution in [3.63, 3.8) is 0 Å². The number of H-pyrrole nitrogens is 1. The molecule has 1 heterocycles. The first-order chi connectivity index (χ1) is 20.7. The second kappa shape index (κ2) is 15.0. The molecule has 4 unspecified atom stereocenters. The lowest BCUT2D eigenvalue weighted by Crippen LogP contribution is -2.58. The molecule has 0 saturated carbocycles. The molecule has 0 saturated heterocycles.